The summed E-state index contributed by atoms with van der Waals surface area (Å²) in [6.45, 7) is 4.76. The van der Waals surface area contributed by atoms with Crippen LogP contribution in [0.3, 0.4) is 0 Å². The summed E-state index contributed by atoms with van der Waals surface area (Å²) in [7, 11) is 0. The third kappa shape index (κ3) is 4.88. The van der Waals surface area contributed by atoms with Crippen LogP contribution in [0.5, 0.6) is 0 Å². The van der Waals surface area contributed by atoms with Crippen molar-refractivity contribution in [3.8, 4) is 0 Å². The highest BCUT2D eigenvalue weighted by atomic mass is 16.2. The Morgan fingerprint density at radius 3 is 3.00 bits per heavy atom. The number of amides is 2. The maximum absolute atomic E-state index is 12.0. The number of likely N-dealkylation sites (tertiary alicyclic amines) is 1. The molecular weight excluding hydrogens is 268 g/mol. The van der Waals surface area contributed by atoms with Crippen molar-refractivity contribution in [2.75, 3.05) is 13.1 Å². The van der Waals surface area contributed by atoms with E-state index in [1.54, 1.807) is 4.90 Å². The molecule has 1 aliphatic rings. The molecule has 6 nitrogen and oxygen atoms in total. The fourth-order valence-electron chi connectivity index (χ4n) is 2.64. The van der Waals surface area contributed by atoms with Gasteiger partial charge >= 0.3 is 0 Å². The van der Waals surface area contributed by atoms with Gasteiger partial charge in [-0.15, -0.1) is 0 Å². The molecule has 1 aromatic rings. The molecule has 1 saturated heterocycles. The fraction of sp³-hybridized carbons (Fsp3) is 0.667. The third-order valence-corrected chi connectivity index (χ3v) is 3.69. The molecule has 1 atom stereocenters. The Morgan fingerprint density at radius 2 is 2.29 bits per heavy atom. The minimum absolute atomic E-state index is 0.00211. The zero-order valence-corrected chi connectivity index (χ0v) is 12.8. The van der Waals surface area contributed by atoms with Gasteiger partial charge in [0.25, 0.3) is 0 Å². The Kier molecular flexibility index (Phi) is 5.36. The number of aromatic amines is 1. The predicted octanol–water partition coefficient (Wildman–Crippen LogP) is 1.17. The van der Waals surface area contributed by atoms with Gasteiger partial charge in [0.05, 0.1) is 12.2 Å². The highest BCUT2D eigenvalue weighted by Gasteiger charge is 2.20. The van der Waals surface area contributed by atoms with Crippen LogP contribution in [0.25, 0.3) is 0 Å². The molecule has 6 heteroatoms. The van der Waals surface area contributed by atoms with Crippen molar-refractivity contribution < 1.29 is 9.59 Å². The molecule has 2 heterocycles. The first-order valence-electron chi connectivity index (χ1n) is 7.62. The van der Waals surface area contributed by atoms with Crippen LogP contribution < -0.4 is 5.32 Å². The number of carbonyl (C=O) groups is 2. The highest BCUT2D eigenvalue weighted by Crippen LogP contribution is 2.10. The largest absolute Gasteiger partial charge is 0.352 e. The molecule has 0 aliphatic carbocycles. The van der Waals surface area contributed by atoms with E-state index in [0.29, 0.717) is 19.4 Å². The molecule has 0 bridgehead atoms. The van der Waals surface area contributed by atoms with Crippen molar-refractivity contribution in [2.24, 2.45) is 0 Å². The molecule has 0 spiro atoms. The minimum Gasteiger partial charge on any atom is -0.352 e. The van der Waals surface area contributed by atoms with Crippen LogP contribution in [-0.4, -0.2) is 46.0 Å². The molecule has 116 valence electrons. The van der Waals surface area contributed by atoms with Gasteiger partial charge in [-0.25, -0.2) is 0 Å². The van der Waals surface area contributed by atoms with Gasteiger partial charge < -0.3 is 10.2 Å². The fourth-order valence-corrected chi connectivity index (χ4v) is 2.64. The lowest BCUT2D eigenvalue weighted by Gasteiger charge is -2.21. The van der Waals surface area contributed by atoms with Crippen LogP contribution in [0.15, 0.2) is 6.07 Å². The number of hydrogen-bond acceptors (Lipinski definition) is 3. The number of hydrogen-bond donors (Lipinski definition) is 2. The second kappa shape index (κ2) is 7.24. The van der Waals surface area contributed by atoms with E-state index in [0.717, 1.165) is 30.7 Å². The predicted molar refractivity (Wildman–Crippen MR) is 79.7 cm³/mol. The van der Waals surface area contributed by atoms with Crippen molar-refractivity contribution in [1.82, 2.24) is 20.4 Å². The van der Waals surface area contributed by atoms with Crippen LogP contribution >= 0.6 is 0 Å². The van der Waals surface area contributed by atoms with Crippen LogP contribution in [0.4, 0.5) is 0 Å². The van der Waals surface area contributed by atoms with Crippen molar-refractivity contribution in [2.45, 2.75) is 52.0 Å². The number of rotatable bonds is 5. The summed E-state index contributed by atoms with van der Waals surface area (Å²) in [5.74, 6) is 0.00300. The average Bonchev–Trinajstić information content (AvgIpc) is 2.70. The number of nitrogens with zero attached hydrogens (tertiary/aromatic N) is 2. The second-order valence-corrected chi connectivity index (χ2v) is 5.84. The topological polar surface area (TPSA) is 78.1 Å². The Morgan fingerprint density at radius 1 is 1.48 bits per heavy atom. The molecule has 0 unspecified atom stereocenters. The van der Waals surface area contributed by atoms with Gasteiger partial charge in [-0.05, 0) is 32.8 Å². The number of nitrogens with one attached hydrogen (secondary N) is 2. The van der Waals surface area contributed by atoms with Crippen LogP contribution in [0.2, 0.25) is 0 Å². The van der Waals surface area contributed by atoms with Crippen molar-refractivity contribution >= 4 is 11.8 Å². The average molecular weight is 292 g/mol. The zero-order valence-electron chi connectivity index (χ0n) is 12.8. The SMILES string of the molecule is Cc1cc(C[C@@H](C)NC(=O)CN2CCCCCC2=O)n[nH]1. The van der Waals surface area contributed by atoms with E-state index in [4.69, 9.17) is 0 Å². The molecular formula is C15H24N4O2. The zero-order chi connectivity index (χ0) is 15.2. The van der Waals surface area contributed by atoms with E-state index in [1.165, 1.54) is 0 Å². The summed E-state index contributed by atoms with van der Waals surface area (Å²) >= 11 is 0. The molecule has 0 saturated carbocycles. The van der Waals surface area contributed by atoms with Crippen LogP contribution in [-0.2, 0) is 16.0 Å². The van der Waals surface area contributed by atoms with Gasteiger partial charge in [-0.1, -0.05) is 6.42 Å². The van der Waals surface area contributed by atoms with Gasteiger partial charge in [0.15, 0.2) is 0 Å². The van der Waals surface area contributed by atoms with Gasteiger partial charge in [0, 0.05) is 31.1 Å². The Hall–Kier alpha value is -1.85. The molecule has 2 N–H and O–H groups in total. The summed E-state index contributed by atoms with van der Waals surface area (Å²) in [6, 6.07) is 1.98. The van der Waals surface area contributed by atoms with Crippen molar-refractivity contribution in [3.05, 3.63) is 17.5 Å². The maximum atomic E-state index is 12.0. The molecule has 21 heavy (non-hydrogen) atoms. The smallest absolute Gasteiger partial charge is 0.239 e. The van der Waals surface area contributed by atoms with Gasteiger partial charge in [0.1, 0.15) is 0 Å². The molecule has 0 radical (unpaired) electrons. The molecule has 0 aromatic carbocycles. The highest BCUT2D eigenvalue weighted by molar-refractivity contribution is 5.85. The Labute approximate surface area is 125 Å². The minimum atomic E-state index is -0.0926. The summed E-state index contributed by atoms with van der Waals surface area (Å²) in [5.41, 5.74) is 1.95. The lowest BCUT2D eigenvalue weighted by atomic mass is 10.2. The van der Waals surface area contributed by atoms with Gasteiger partial charge in [-0.3, -0.25) is 14.7 Å². The number of aromatic nitrogens is 2. The maximum Gasteiger partial charge on any atom is 0.239 e. The number of aryl methyl sites for hydroxylation is 1. The lowest BCUT2D eigenvalue weighted by Crippen LogP contribution is -2.43. The summed E-state index contributed by atoms with van der Waals surface area (Å²) < 4.78 is 0. The summed E-state index contributed by atoms with van der Waals surface area (Å²) in [5, 5.41) is 9.99. The van der Waals surface area contributed by atoms with Crippen molar-refractivity contribution in [3.63, 3.8) is 0 Å². The normalized spacial score (nSPS) is 17.4. The molecule has 2 rings (SSSR count). The third-order valence-electron chi connectivity index (χ3n) is 3.69. The first-order valence-corrected chi connectivity index (χ1v) is 7.62. The number of H-pyrrole nitrogens is 1. The molecule has 1 aromatic heterocycles. The molecule has 1 fully saturated rings. The van der Waals surface area contributed by atoms with Crippen LogP contribution in [0.1, 0.15) is 44.0 Å². The van der Waals surface area contributed by atoms with E-state index in [2.05, 4.69) is 15.5 Å². The standard InChI is InChI=1S/C15H24N4O2/c1-11(8-13-9-12(2)17-18-13)16-14(20)10-19-7-5-3-4-6-15(19)21/h9,11H,3-8,10H2,1-2H3,(H,16,20)(H,17,18)/t11-/m1/s1. The first kappa shape index (κ1) is 15.5. The van der Waals surface area contributed by atoms with Gasteiger partial charge in [0.2, 0.25) is 11.8 Å². The molecule has 2 amide bonds. The van der Waals surface area contributed by atoms with E-state index in [1.807, 2.05) is 19.9 Å². The summed E-state index contributed by atoms with van der Waals surface area (Å²) in [4.78, 5) is 25.6. The van der Waals surface area contributed by atoms with E-state index in [-0.39, 0.29) is 24.4 Å². The van der Waals surface area contributed by atoms with E-state index < -0.39 is 0 Å². The van der Waals surface area contributed by atoms with E-state index in [9.17, 15) is 9.59 Å². The first-order chi connectivity index (χ1) is 10.0. The monoisotopic (exact) mass is 292 g/mol. The Balaban J connectivity index is 1.79. The quantitative estimate of drug-likeness (QED) is 0.855. The van der Waals surface area contributed by atoms with Crippen molar-refractivity contribution in [1.29, 1.82) is 0 Å². The lowest BCUT2D eigenvalue weighted by molar-refractivity contribution is -0.135. The second-order valence-electron chi connectivity index (χ2n) is 5.84. The Bertz CT molecular complexity index is 498. The van der Waals surface area contributed by atoms with Crippen LogP contribution in [0, 0.1) is 6.92 Å². The number of carbonyl (C=O) groups excluding carboxylic acids is 2. The molecule has 1 aliphatic heterocycles. The van der Waals surface area contributed by atoms with E-state index >= 15 is 0 Å². The summed E-state index contributed by atoms with van der Waals surface area (Å²) in [6.07, 6.45) is 4.24. The van der Waals surface area contributed by atoms with Gasteiger partial charge in [-0.2, -0.15) is 5.10 Å².